The van der Waals surface area contributed by atoms with Crippen LogP contribution in [-0.2, 0) is 0 Å². The van der Waals surface area contributed by atoms with Gasteiger partial charge in [0.25, 0.3) is 0 Å². The van der Waals surface area contributed by atoms with Crippen LogP contribution in [0.3, 0.4) is 0 Å². The maximum atomic E-state index is 5.29. The molecule has 1 aliphatic heterocycles. The van der Waals surface area contributed by atoms with E-state index < -0.39 is 0 Å². The molecule has 0 aromatic heterocycles. The van der Waals surface area contributed by atoms with Crippen molar-refractivity contribution < 1.29 is 4.74 Å². The number of hydrogen-bond donors (Lipinski definition) is 0. The standard InChI is InChI=1S/C20H25NO/c1-16(17-8-4-3-5-9-17)21-15-7-6-10-20(21)18-11-13-19(22-2)14-12-18/h3-5,8-9,11-14,16,20H,6-7,10,15H2,1-2H3/t16-,20+/m1/s1. The molecule has 0 amide bonds. The van der Waals surface area contributed by atoms with E-state index in [0.717, 1.165) is 5.75 Å². The van der Waals surface area contributed by atoms with Gasteiger partial charge in [-0.3, -0.25) is 4.90 Å². The normalized spacial score (nSPS) is 20.5. The van der Waals surface area contributed by atoms with E-state index >= 15 is 0 Å². The minimum absolute atomic E-state index is 0.452. The van der Waals surface area contributed by atoms with Crippen LogP contribution < -0.4 is 4.74 Å². The first-order chi connectivity index (χ1) is 10.8. The fourth-order valence-corrected chi connectivity index (χ4v) is 3.52. The van der Waals surface area contributed by atoms with E-state index in [1.807, 2.05) is 0 Å². The minimum Gasteiger partial charge on any atom is -0.497 e. The van der Waals surface area contributed by atoms with Gasteiger partial charge < -0.3 is 4.74 Å². The summed E-state index contributed by atoms with van der Waals surface area (Å²) >= 11 is 0. The summed E-state index contributed by atoms with van der Waals surface area (Å²) in [5.74, 6) is 0.933. The van der Waals surface area contributed by atoms with Crippen molar-refractivity contribution in [1.82, 2.24) is 4.90 Å². The fraction of sp³-hybridized carbons (Fsp3) is 0.400. The highest BCUT2D eigenvalue weighted by Crippen LogP contribution is 2.37. The van der Waals surface area contributed by atoms with Gasteiger partial charge in [-0.05, 0) is 49.6 Å². The van der Waals surface area contributed by atoms with Gasteiger partial charge >= 0.3 is 0 Å². The molecule has 0 spiro atoms. The fourth-order valence-electron chi connectivity index (χ4n) is 3.52. The summed E-state index contributed by atoms with van der Waals surface area (Å²) in [5, 5.41) is 0. The molecular weight excluding hydrogens is 270 g/mol. The van der Waals surface area contributed by atoms with Crippen LogP contribution in [0.25, 0.3) is 0 Å². The van der Waals surface area contributed by atoms with Gasteiger partial charge in [-0.25, -0.2) is 0 Å². The molecule has 116 valence electrons. The van der Waals surface area contributed by atoms with Crippen LogP contribution in [0.1, 0.15) is 49.4 Å². The SMILES string of the molecule is COc1ccc([C@@H]2CCCCN2[C@H](C)c2ccccc2)cc1. The second kappa shape index (κ2) is 6.97. The summed E-state index contributed by atoms with van der Waals surface area (Å²) in [6, 6.07) is 20.4. The summed E-state index contributed by atoms with van der Waals surface area (Å²) in [6.07, 6.45) is 3.85. The molecule has 2 atom stereocenters. The lowest BCUT2D eigenvalue weighted by atomic mass is 9.92. The summed E-state index contributed by atoms with van der Waals surface area (Å²) in [4.78, 5) is 2.65. The summed E-state index contributed by atoms with van der Waals surface area (Å²) in [7, 11) is 1.72. The van der Waals surface area contributed by atoms with E-state index in [-0.39, 0.29) is 0 Å². The highest BCUT2D eigenvalue weighted by Gasteiger charge is 2.28. The van der Waals surface area contributed by atoms with Gasteiger partial charge in [0.15, 0.2) is 0 Å². The monoisotopic (exact) mass is 295 g/mol. The Hall–Kier alpha value is -1.80. The maximum absolute atomic E-state index is 5.29. The molecule has 0 saturated carbocycles. The van der Waals surface area contributed by atoms with E-state index in [2.05, 4.69) is 66.4 Å². The van der Waals surface area contributed by atoms with Gasteiger partial charge in [0.05, 0.1) is 7.11 Å². The maximum Gasteiger partial charge on any atom is 0.118 e. The number of ether oxygens (including phenoxy) is 1. The molecule has 1 aliphatic rings. The van der Waals surface area contributed by atoms with Crippen molar-refractivity contribution in [3.8, 4) is 5.75 Å². The van der Waals surface area contributed by atoms with Crippen molar-refractivity contribution in [3.63, 3.8) is 0 Å². The molecule has 2 aromatic rings. The van der Waals surface area contributed by atoms with E-state index in [9.17, 15) is 0 Å². The zero-order valence-corrected chi connectivity index (χ0v) is 13.5. The summed E-state index contributed by atoms with van der Waals surface area (Å²) in [6.45, 7) is 3.50. The molecule has 0 bridgehead atoms. The predicted molar refractivity (Wildman–Crippen MR) is 91.1 cm³/mol. The van der Waals surface area contributed by atoms with Crippen LogP contribution in [0.5, 0.6) is 5.75 Å². The molecule has 22 heavy (non-hydrogen) atoms. The number of rotatable bonds is 4. The smallest absolute Gasteiger partial charge is 0.118 e. The topological polar surface area (TPSA) is 12.5 Å². The van der Waals surface area contributed by atoms with Crippen molar-refractivity contribution in [1.29, 1.82) is 0 Å². The Kier molecular flexibility index (Phi) is 4.79. The van der Waals surface area contributed by atoms with Gasteiger partial charge in [-0.2, -0.15) is 0 Å². The van der Waals surface area contributed by atoms with Crippen LogP contribution in [0.2, 0.25) is 0 Å². The second-order valence-corrected chi connectivity index (χ2v) is 6.11. The Balaban J connectivity index is 1.84. The van der Waals surface area contributed by atoms with E-state index in [1.165, 1.54) is 36.9 Å². The quantitative estimate of drug-likeness (QED) is 0.788. The average Bonchev–Trinajstić information content (AvgIpc) is 2.62. The van der Waals surface area contributed by atoms with E-state index in [0.29, 0.717) is 12.1 Å². The number of piperidine rings is 1. The number of nitrogens with zero attached hydrogens (tertiary/aromatic N) is 1. The molecule has 2 heteroatoms. The lowest BCUT2D eigenvalue weighted by molar-refractivity contribution is 0.103. The molecular formula is C20H25NO. The third-order valence-corrected chi connectivity index (χ3v) is 4.82. The Labute approximate surface area is 133 Å². The molecule has 1 heterocycles. The largest absolute Gasteiger partial charge is 0.497 e. The first kappa shape index (κ1) is 15.1. The lowest BCUT2D eigenvalue weighted by Crippen LogP contribution is -2.35. The van der Waals surface area contributed by atoms with Crippen LogP contribution >= 0.6 is 0 Å². The van der Waals surface area contributed by atoms with Crippen molar-refractivity contribution in [2.75, 3.05) is 13.7 Å². The minimum atomic E-state index is 0.452. The van der Waals surface area contributed by atoms with Gasteiger partial charge in [-0.15, -0.1) is 0 Å². The summed E-state index contributed by atoms with van der Waals surface area (Å²) in [5.41, 5.74) is 2.81. The molecule has 2 nitrogen and oxygen atoms in total. The highest BCUT2D eigenvalue weighted by atomic mass is 16.5. The van der Waals surface area contributed by atoms with Crippen LogP contribution in [0, 0.1) is 0 Å². The van der Waals surface area contributed by atoms with Crippen LogP contribution in [-0.4, -0.2) is 18.6 Å². The molecule has 2 aromatic carbocycles. The van der Waals surface area contributed by atoms with Gasteiger partial charge in [0.2, 0.25) is 0 Å². The van der Waals surface area contributed by atoms with Crippen molar-refractivity contribution in [2.24, 2.45) is 0 Å². The average molecular weight is 295 g/mol. The Morgan fingerprint density at radius 3 is 2.41 bits per heavy atom. The molecule has 0 unspecified atom stereocenters. The third kappa shape index (κ3) is 3.17. The molecule has 0 aliphatic carbocycles. The van der Waals surface area contributed by atoms with Gasteiger partial charge in [-0.1, -0.05) is 48.9 Å². The number of methoxy groups -OCH3 is 1. The summed E-state index contributed by atoms with van der Waals surface area (Å²) < 4.78 is 5.29. The first-order valence-electron chi connectivity index (χ1n) is 8.24. The van der Waals surface area contributed by atoms with Crippen LogP contribution in [0.4, 0.5) is 0 Å². The van der Waals surface area contributed by atoms with Crippen molar-refractivity contribution >= 4 is 0 Å². The second-order valence-electron chi connectivity index (χ2n) is 6.11. The Morgan fingerprint density at radius 2 is 1.73 bits per heavy atom. The molecule has 0 radical (unpaired) electrons. The van der Waals surface area contributed by atoms with Gasteiger partial charge in [0, 0.05) is 12.1 Å². The predicted octanol–water partition coefficient (Wildman–Crippen LogP) is 4.98. The number of hydrogen-bond acceptors (Lipinski definition) is 2. The lowest BCUT2D eigenvalue weighted by Gasteiger charge is -2.40. The van der Waals surface area contributed by atoms with E-state index in [1.54, 1.807) is 7.11 Å². The van der Waals surface area contributed by atoms with E-state index in [4.69, 9.17) is 4.74 Å². The Morgan fingerprint density at radius 1 is 1.00 bits per heavy atom. The van der Waals surface area contributed by atoms with Crippen molar-refractivity contribution in [3.05, 3.63) is 65.7 Å². The van der Waals surface area contributed by atoms with Crippen molar-refractivity contribution in [2.45, 2.75) is 38.3 Å². The number of benzene rings is 2. The number of likely N-dealkylation sites (tertiary alicyclic amines) is 1. The molecule has 1 fully saturated rings. The highest BCUT2D eigenvalue weighted by molar-refractivity contribution is 5.30. The molecule has 3 rings (SSSR count). The zero-order chi connectivity index (χ0) is 15.4. The third-order valence-electron chi connectivity index (χ3n) is 4.82. The Bertz CT molecular complexity index is 578. The first-order valence-corrected chi connectivity index (χ1v) is 8.24. The molecule has 1 saturated heterocycles. The van der Waals surface area contributed by atoms with Crippen LogP contribution in [0.15, 0.2) is 54.6 Å². The zero-order valence-electron chi connectivity index (χ0n) is 13.5. The van der Waals surface area contributed by atoms with Gasteiger partial charge in [0.1, 0.15) is 5.75 Å². The molecule has 0 N–H and O–H groups in total.